The zero-order valence-corrected chi connectivity index (χ0v) is 22.4. The van der Waals surface area contributed by atoms with E-state index in [9.17, 15) is 5.11 Å². The van der Waals surface area contributed by atoms with E-state index in [0.717, 1.165) is 43.2 Å². The standard InChI is InChI=1S/C26H31ClN8OS/c1-3-33(4-2)12-13-34-17-20(15-28-34)30-25(36)19-8-7-9-22(14-19)35-18-21(16-29-35)31-26(37)32-24-11-6-5-10-23(24)27/h5-11,14-18,25,30,36H,3-4,12-13H2,1-2H3,(H2,31,32,37). The molecule has 0 aliphatic carbocycles. The van der Waals surface area contributed by atoms with Gasteiger partial charge < -0.3 is 26.0 Å². The van der Waals surface area contributed by atoms with E-state index < -0.39 is 6.23 Å². The van der Waals surface area contributed by atoms with E-state index in [-0.39, 0.29) is 0 Å². The molecule has 0 aliphatic rings. The van der Waals surface area contributed by atoms with Crippen molar-refractivity contribution >= 4 is 46.0 Å². The molecular weight excluding hydrogens is 508 g/mol. The lowest BCUT2D eigenvalue weighted by Gasteiger charge is -2.17. The monoisotopic (exact) mass is 538 g/mol. The molecule has 0 saturated heterocycles. The quantitative estimate of drug-likeness (QED) is 0.157. The summed E-state index contributed by atoms with van der Waals surface area (Å²) in [6.45, 7) is 8.05. The van der Waals surface area contributed by atoms with Gasteiger partial charge in [0.15, 0.2) is 11.3 Å². The number of hydrogen-bond acceptors (Lipinski definition) is 6. The second-order valence-electron chi connectivity index (χ2n) is 8.39. The number of likely N-dealkylation sites (N-methyl/N-ethyl adjacent to an activating group) is 1. The molecule has 37 heavy (non-hydrogen) atoms. The van der Waals surface area contributed by atoms with Gasteiger partial charge in [-0.15, -0.1) is 0 Å². The molecule has 194 valence electrons. The van der Waals surface area contributed by atoms with Crippen LogP contribution in [0.25, 0.3) is 5.69 Å². The number of thiocarbonyl (C=S) groups is 1. The van der Waals surface area contributed by atoms with Crippen LogP contribution < -0.4 is 16.0 Å². The topological polar surface area (TPSA) is 95.2 Å². The summed E-state index contributed by atoms with van der Waals surface area (Å²) < 4.78 is 3.59. The molecule has 2 aromatic carbocycles. The highest BCUT2D eigenvalue weighted by atomic mass is 35.5. The first-order valence-electron chi connectivity index (χ1n) is 12.1. The molecule has 4 rings (SSSR count). The van der Waals surface area contributed by atoms with Crippen LogP contribution in [-0.2, 0) is 6.54 Å². The van der Waals surface area contributed by atoms with Crippen molar-refractivity contribution in [2.45, 2.75) is 26.6 Å². The Kier molecular flexibility index (Phi) is 9.13. The molecule has 1 unspecified atom stereocenters. The molecule has 0 spiro atoms. The molecule has 0 saturated carbocycles. The Morgan fingerprint density at radius 2 is 1.81 bits per heavy atom. The smallest absolute Gasteiger partial charge is 0.175 e. The van der Waals surface area contributed by atoms with Gasteiger partial charge in [0.1, 0.15) is 0 Å². The van der Waals surface area contributed by atoms with Crippen LogP contribution >= 0.6 is 23.8 Å². The molecule has 0 radical (unpaired) electrons. The molecule has 9 nitrogen and oxygen atoms in total. The van der Waals surface area contributed by atoms with E-state index in [1.54, 1.807) is 23.1 Å². The lowest BCUT2D eigenvalue weighted by Crippen LogP contribution is -2.27. The molecule has 0 fully saturated rings. The van der Waals surface area contributed by atoms with Crippen molar-refractivity contribution in [3.8, 4) is 5.69 Å². The zero-order valence-electron chi connectivity index (χ0n) is 20.8. The Hall–Kier alpha value is -3.44. The molecule has 11 heteroatoms. The molecule has 2 aromatic heterocycles. The maximum Gasteiger partial charge on any atom is 0.175 e. The third-order valence-corrected chi connectivity index (χ3v) is 6.42. The van der Waals surface area contributed by atoms with Crippen LogP contribution in [0.1, 0.15) is 25.6 Å². The van der Waals surface area contributed by atoms with Gasteiger partial charge in [-0.1, -0.05) is 49.7 Å². The molecule has 4 N–H and O–H groups in total. The number of anilines is 3. The Balaban J connectivity index is 1.36. The summed E-state index contributed by atoms with van der Waals surface area (Å²) in [7, 11) is 0. The summed E-state index contributed by atoms with van der Waals surface area (Å²) in [6, 6.07) is 14.9. The molecule has 1 atom stereocenters. The second-order valence-corrected chi connectivity index (χ2v) is 9.21. The van der Waals surface area contributed by atoms with Gasteiger partial charge in [0.25, 0.3) is 0 Å². The molecule has 0 bridgehead atoms. The van der Waals surface area contributed by atoms with Crippen molar-refractivity contribution in [1.82, 2.24) is 24.5 Å². The SMILES string of the molecule is CCN(CC)CCn1cc(NC(O)c2cccc(-n3cc(NC(=S)Nc4ccccc4Cl)cn3)c2)cn1. The number of aliphatic hydroxyl groups excluding tert-OH is 1. The van der Waals surface area contributed by atoms with E-state index >= 15 is 0 Å². The van der Waals surface area contributed by atoms with Gasteiger partial charge in [-0.25, -0.2) is 4.68 Å². The summed E-state index contributed by atoms with van der Waals surface area (Å²) in [6.07, 6.45) is 6.22. The van der Waals surface area contributed by atoms with E-state index in [1.807, 2.05) is 59.5 Å². The van der Waals surface area contributed by atoms with Crippen LogP contribution in [0.5, 0.6) is 0 Å². The Morgan fingerprint density at radius 1 is 1.03 bits per heavy atom. The fourth-order valence-electron chi connectivity index (χ4n) is 3.80. The average molecular weight is 539 g/mol. The number of hydrogen-bond donors (Lipinski definition) is 4. The minimum Gasteiger partial charge on any atom is -0.369 e. The maximum atomic E-state index is 10.8. The lowest BCUT2D eigenvalue weighted by molar-refractivity contribution is 0.208. The van der Waals surface area contributed by atoms with Crippen LogP contribution in [0.15, 0.2) is 73.3 Å². The third kappa shape index (κ3) is 7.30. The summed E-state index contributed by atoms with van der Waals surface area (Å²) in [5.74, 6) is 0. The van der Waals surface area contributed by atoms with Gasteiger partial charge >= 0.3 is 0 Å². The summed E-state index contributed by atoms with van der Waals surface area (Å²) in [5, 5.41) is 29.9. The highest BCUT2D eigenvalue weighted by Gasteiger charge is 2.11. The van der Waals surface area contributed by atoms with Gasteiger partial charge in [0, 0.05) is 18.3 Å². The van der Waals surface area contributed by atoms with Gasteiger partial charge in [-0.3, -0.25) is 4.68 Å². The Bertz CT molecular complexity index is 1320. The van der Waals surface area contributed by atoms with Crippen LogP contribution in [0.3, 0.4) is 0 Å². The van der Waals surface area contributed by atoms with E-state index in [2.05, 4.69) is 44.9 Å². The van der Waals surface area contributed by atoms with E-state index in [0.29, 0.717) is 21.4 Å². The summed E-state index contributed by atoms with van der Waals surface area (Å²) in [5.41, 5.74) is 3.69. The summed E-state index contributed by atoms with van der Waals surface area (Å²) >= 11 is 11.6. The summed E-state index contributed by atoms with van der Waals surface area (Å²) in [4.78, 5) is 2.34. The predicted octanol–water partition coefficient (Wildman–Crippen LogP) is 4.98. The van der Waals surface area contributed by atoms with Gasteiger partial charge in [0.05, 0.1) is 52.9 Å². The fourth-order valence-corrected chi connectivity index (χ4v) is 4.21. The van der Waals surface area contributed by atoms with Crippen molar-refractivity contribution in [2.24, 2.45) is 0 Å². The highest BCUT2D eigenvalue weighted by Crippen LogP contribution is 2.22. The minimum atomic E-state index is -0.902. The number of benzene rings is 2. The van der Waals surface area contributed by atoms with Crippen molar-refractivity contribution in [1.29, 1.82) is 0 Å². The first-order chi connectivity index (χ1) is 17.9. The minimum absolute atomic E-state index is 0.402. The van der Waals surface area contributed by atoms with Crippen LogP contribution in [0, 0.1) is 0 Å². The molecular formula is C26H31ClN8OS. The lowest BCUT2D eigenvalue weighted by atomic mass is 10.1. The molecule has 0 amide bonds. The molecule has 0 aliphatic heterocycles. The van der Waals surface area contributed by atoms with E-state index in [1.165, 1.54) is 0 Å². The first-order valence-corrected chi connectivity index (χ1v) is 12.9. The van der Waals surface area contributed by atoms with Crippen molar-refractivity contribution in [3.63, 3.8) is 0 Å². The van der Waals surface area contributed by atoms with Gasteiger partial charge in [-0.2, -0.15) is 10.2 Å². The van der Waals surface area contributed by atoms with Crippen LogP contribution in [-0.4, -0.2) is 54.3 Å². The number of halogens is 1. The maximum absolute atomic E-state index is 10.8. The molecule has 4 aromatic rings. The zero-order chi connectivity index (χ0) is 26.2. The van der Waals surface area contributed by atoms with Crippen LogP contribution in [0.4, 0.5) is 17.1 Å². The van der Waals surface area contributed by atoms with E-state index in [4.69, 9.17) is 23.8 Å². The van der Waals surface area contributed by atoms with Crippen molar-refractivity contribution < 1.29 is 5.11 Å². The largest absolute Gasteiger partial charge is 0.369 e. The number of nitrogens with one attached hydrogen (secondary N) is 3. The Labute approximate surface area is 227 Å². The normalized spacial score (nSPS) is 11.9. The number of aliphatic hydroxyl groups is 1. The van der Waals surface area contributed by atoms with Gasteiger partial charge in [0.2, 0.25) is 0 Å². The van der Waals surface area contributed by atoms with Gasteiger partial charge in [-0.05, 0) is 49.6 Å². The first kappa shape index (κ1) is 26.6. The highest BCUT2D eigenvalue weighted by molar-refractivity contribution is 7.80. The second kappa shape index (κ2) is 12.7. The predicted molar refractivity (Wildman–Crippen MR) is 153 cm³/mol. The third-order valence-electron chi connectivity index (χ3n) is 5.89. The average Bonchev–Trinajstić information content (AvgIpc) is 3.56. The van der Waals surface area contributed by atoms with Crippen molar-refractivity contribution in [3.05, 3.63) is 83.9 Å². The van der Waals surface area contributed by atoms with Crippen LogP contribution in [0.2, 0.25) is 5.02 Å². The number of para-hydroxylation sites is 1. The number of aromatic nitrogens is 4. The molecule has 2 heterocycles. The van der Waals surface area contributed by atoms with Crippen molar-refractivity contribution in [2.75, 3.05) is 35.6 Å². The Morgan fingerprint density at radius 3 is 2.59 bits per heavy atom. The number of rotatable bonds is 11. The fraction of sp³-hybridized carbons (Fsp3) is 0.269. The number of nitrogens with zero attached hydrogens (tertiary/aromatic N) is 5.